The molecule has 0 radical (unpaired) electrons. The molecule has 124 valence electrons. The second-order valence-corrected chi connectivity index (χ2v) is 5.82. The average molecular weight is 306 g/mol. The highest BCUT2D eigenvalue weighted by Gasteiger charge is 2.11. The molecule has 0 fully saturated rings. The summed E-state index contributed by atoms with van der Waals surface area (Å²) in [7, 11) is 0. The quantitative estimate of drug-likeness (QED) is 0.409. The molecule has 0 saturated carbocycles. The van der Waals surface area contributed by atoms with Crippen molar-refractivity contribution in [2.45, 2.75) is 71.6 Å². The Morgan fingerprint density at radius 3 is 2.32 bits per heavy atom. The van der Waals surface area contributed by atoms with Gasteiger partial charge in [0.1, 0.15) is 11.5 Å². The van der Waals surface area contributed by atoms with E-state index in [0.717, 1.165) is 38.5 Å². The fourth-order valence-electron chi connectivity index (χ4n) is 2.40. The van der Waals surface area contributed by atoms with Crippen LogP contribution in [0, 0.1) is 0 Å². The number of unbranched alkanes of at least 4 members (excludes halogenated alkanes) is 6. The highest BCUT2D eigenvalue weighted by molar-refractivity contribution is 5.98. The van der Waals surface area contributed by atoms with Crippen molar-refractivity contribution in [3.05, 3.63) is 23.8 Å². The van der Waals surface area contributed by atoms with Crippen LogP contribution in [0.25, 0.3) is 0 Å². The molecule has 0 saturated heterocycles. The van der Waals surface area contributed by atoms with Gasteiger partial charge in [-0.05, 0) is 25.0 Å². The van der Waals surface area contributed by atoms with E-state index in [0.29, 0.717) is 24.3 Å². The lowest BCUT2D eigenvalue weighted by atomic mass is 10.0. The number of carbonyl (C=O) groups is 1. The molecular weight excluding hydrogens is 276 g/mol. The van der Waals surface area contributed by atoms with Crippen molar-refractivity contribution >= 4 is 5.78 Å². The Balaban J connectivity index is 2.42. The maximum Gasteiger partial charge on any atom is 0.166 e. The van der Waals surface area contributed by atoms with Crippen molar-refractivity contribution in [2.75, 3.05) is 6.61 Å². The largest absolute Gasteiger partial charge is 0.507 e. The van der Waals surface area contributed by atoms with Crippen LogP contribution in [0.1, 0.15) is 82.0 Å². The number of rotatable bonds is 12. The minimum absolute atomic E-state index is 0.0168. The highest BCUT2D eigenvalue weighted by atomic mass is 16.5. The van der Waals surface area contributed by atoms with Gasteiger partial charge in [-0.25, -0.2) is 0 Å². The molecule has 0 amide bonds. The average Bonchev–Trinajstić information content (AvgIpc) is 2.51. The smallest absolute Gasteiger partial charge is 0.166 e. The molecule has 3 nitrogen and oxygen atoms in total. The summed E-state index contributed by atoms with van der Waals surface area (Å²) in [5, 5.41) is 10.0. The molecule has 0 atom stereocenters. The van der Waals surface area contributed by atoms with Crippen molar-refractivity contribution in [1.29, 1.82) is 0 Å². The Kier molecular flexibility index (Phi) is 9.36. The summed E-state index contributed by atoms with van der Waals surface area (Å²) >= 11 is 0. The van der Waals surface area contributed by atoms with Crippen LogP contribution in [0.3, 0.4) is 0 Å². The molecule has 1 aromatic carbocycles. The second-order valence-electron chi connectivity index (χ2n) is 5.82. The van der Waals surface area contributed by atoms with Gasteiger partial charge in [0.05, 0.1) is 12.2 Å². The number of ketones is 1. The van der Waals surface area contributed by atoms with Crippen LogP contribution >= 0.6 is 0 Å². The molecule has 22 heavy (non-hydrogen) atoms. The SMILES string of the molecule is CCCCCCOc1ccc(C(=O)CCCCCC)c(O)c1. The van der Waals surface area contributed by atoms with E-state index in [1.165, 1.54) is 12.8 Å². The molecule has 0 bridgehead atoms. The third-order valence-corrected chi connectivity index (χ3v) is 3.79. The van der Waals surface area contributed by atoms with Crippen molar-refractivity contribution in [3.63, 3.8) is 0 Å². The zero-order valence-corrected chi connectivity index (χ0v) is 14.1. The minimum Gasteiger partial charge on any atom is -0.507 e. The monoisotopic (exact) mass is 306 g/mol. The maximum absolute atomic E-state index is 12.1. The number of hydrogen-bond donors (Lipinski definition) is 1. The number of ether oxygens (including phenoxy) is 1. The van der Waals surface area contributed by atoms with Gasteiger partial charge in [0, 0.05) is 12.5 Å². The van der Waals surface area contributed by atoms with Crippen LogP contribution in [0.15, 0.2) is 18.2 Å². The number of phenolic OH excluding ortho intramolecular Hbond substituents is 1. The first-order valence-corrected chi connectivity index (χ1v) is 8.68. The van der Waals surface area contributed by atoms with Gasteiger partial charge in [-0.3, -0.25) is 4.79 Å². The van der Waals surface area contributed by atoms with E-state index >= 15 is 0 Å². The first-order valence-electron chi connectivity index (χ1n) is 8.68. The molecular formula is C19H30O3. The number of aromatic hydroxyl groups is 1. The van der Waals surface area contributed by atoms with Crippen LogP contribution in [-0.2, 0) is 0 Å². The molecule has 0 aliphatic carbocycles. The molecule has 1 rings (SSSR count). The van der Waals surface area contributed by atoms with Gasteiger partial charge in [0.2, 0.25) is 0 Å². The predicted molar refractivity (Wildman–Crippen MR) is 90.8 cm³/mol. The Bertz CT molecular complexity index is 440. The summed E-state index contributed by atoms with van der Waals surface area (Å²) in [6.45, 7) is 4.98. The van der Waals surface area contributed by atoms with Crippen molar-refractivity contribution in [3.8, 4) is 11.5 Å². The Hall–Kier alpha value is -1.51. The van der Waals surface area contributed by atoms with E-state index in [9.17, 15) is 9.90 Å². The van der Waals surface area contributed by atoms with Crippen LogP contribution in [0.5, 0.6) is 11.5 Å². The third-order valence-electron chi connectivity index (χ3n) is 3.79. The van der Waals surface area contributed by atoms with Gasteiger partial charge in [0.15, 0.2) is 5.78 Å². The van der Waals surface area contributed by atoms with E-state index < -0.39 is 0 Å². The molecule has 0 aliphatic rings. The van der Waals surface area contributed by atoms with Gasteiger partial charge in [-0.2, -0.15) is 0 Å². The maximum atomic E-state index is 12.1. The van der Waals surface area contributed by atoms with Gasteiger partial charge in [-0.15, -0.1) is 0 Å². The minimum atomic E-state index is 0.0168. The Labute approximate surface area is 134 Å². The van der Waals surface area contributed by atoms with Crippen LogP contribution < -0.4 is 4.74 Å². The first kappa shape index (κ1) is 18.5. The van der Waals surface area contributed by atoms with E-state index in [2.05, 4.69) is 13.8 Å². The normalized spacial score (nSPS) is 10.6. The summed E-state index contributed by atoms with van der Waals surface area (Å²) in [5.74, 6) is 0.686. The predicted octanol–water partition coefficient (Wildman–Crippen LogP) is 5.50. The lowest BCUT2D eigenvalue weighted by molar-refractivity contribution is 0.0976. The summed E-state index contributed by atoms with van der Waals surface area (Å²) in [5.41, 5.74) is 0.412. The molecule has 0 unspecified atom stereocenters. The molecule has 3 heteroatoms. The van der Waals surface area contributed by atoms with Crippen LogP contribution in [0.2, 0.25) is 0 Å². The zero-order chi connectivity index (χ0) is 16.2. The second kappa shape index (κ2) is 11.1. The van der Waals surface area contributed by atoms with Crippen LogP contribution in [0.4, 0.5) is 0 Å². The molecule has 0 aliphatic heterocycles. The molecule has 0 heterocycles. The number of Topliss-reactive ketones (excluding diaryl/α,β-unsaturated/α-hetero) is 1. The van der Waals surface area contributed by atoms with Crippen molar-refractivity contribution < 1.29 is 14.6 Å². The lowest BCUT2D eigenvalue weighted by Crippen LogP contribution is -2.01. The number of benzene rings is 1. The van der Waals surface area contributed by atoms with E-state index in [1.807, 2.05) is 0 Å². The van der Waals surface area contributed by atoms with Crippen molar-refractivity contribution in [1.82, 2.24) is 0 Å². The van der Waals surface area contributed by atoms with Gasteiger partial charge in [0.25, 0.3) is 0 Å². The van der Waals surface area contributed by atoms with Gasteiger partial charge < -0.3 is 9.84 Å². The molecule has 0 spiro atoms. The summed E-state index contributed by atoms with van der Waals surface area (Å²) < 4.78 is 5.61. The van der Waals surface area contributed by atoms with E-state index in [4.69, 9.17) is 4.74 Å². The van der Waals surface area contributed by atoms with Gasteiger partial charge >= 0.3 is 0 Å². The highest BCUT2D eigenvalue weighted by Crippen LogP contribution is 2.25. The standard InChI is InChI=1S/C19H30O3/c1-3-5-7-9-11-18(20)17-13-12-16(15-19(17)21)22-14-10-8-6-4-2/h12-13,15,21H,3-11,14H2,1-2H3. The Morgan fingerprint density at radius 1 is 1.00 bits per heavy atom. The third kappa shape index (κ3) is 6.97. The molecule has 1 N–H and O–H groups in total. The molecule has 0 aromatic heterocycles. The zero-order valence-electron chi connectivity index (χ0n) is 14.1. The first-order chi connectivity index (χ1) is 10.7. The number of carbonyl (C=O) groups excluding carboxylic acids is 1. The summed E-state index contributed by atoms with van der Waals surface area (Å²) in [6.07, 6.45) is 9.39. The van der Waals surface area contributed by atoms with E-state index in [-0.39, 0.29) is 11.5 Å². The Morgan fingerprint density at radius 2 is 1.68 bits per heavy atom. The van der Waals surface area contributed by atoms with Gasteiger partial charge in [-0.1, -0.05) is 52.4 Å². The number of phenols is 1. The van der Waals surface area contributed by atoms with Crippen LogP contribution in [-0.4, -0.2) is 17.5 Å². The fourth-order valence-corrected chi connectivity index (χ4v) is 2.40. The summed E-state index contributed by atoms with van der Waals surface area (Å²) in [6, 6.07) is 5.01. The number of hydrogen-bond acceptors (Lipinski definition) is 3. The van der Waals surface area contributed by atoms with E-state index in [1.54, 1.807) is 18.2 Å². The summed E-state index contributed by atoms with van der Waals surface area (Å²) in [4.78, 5) is 12.1. The lowest BCUT2D eigenvalue weighted by Gasteiger charge is -2.09. The fraction of sp³-hybridized carbons (Fsp3) is 0.632. The van der Waals surface area contributed by atoms with Crippen molar-refractivity contribution in [2.24, 2.45) is 0 Å². The molecule has 1 aromatic rings. The topological polar surface area (TPSA) is 46.5 Å².